The highest BCUT2D eigenvalue weighted by atomic mass is 16.5. The number of ether oxygens (including phenoxy) is 1. The van der Waals surface area contributed by atoms with Gasteiger partial charge >= 0.3 is 0 Å². The van der Waals surface area contributed by atoms with E-state index in [1.807, 2.05) is 38.1 Å². The fourth-order valence-electron chi connectivity index (χ4n) is 3.63. The van der Waals surface area contributed by atoms with Crippen molar-refractivity contribution in [3.63, 3.8) is 0 Å². The van der Waals surface area contributed by atoms with Gasteiger partial charge in [0.25, 0.3) is 0 Å². The van der Waals surface area contributed by atoms with Gasteiger partial charge in [-0.3, -0.25) is 0 Å². The minimum absolute atomic E-state index is 0.0327. The van der Waals surface area contributed by atoms with Gasteiger partial charge in [-0.2, -0.15) is 0 Å². The molecule has 0 amide bonds. The zero-order chi connectivity index (χ0) is 21.0. The molecule has 5 nitrogen and oxygen atoms in total. The van der Waals surface area contributed by atoms with Crippen LogP contribution < -0.4 is 4.74 Å². The lowest BCUT2D eigenvalue weighted by Crippen LogP contribution is -2.27. The molecule has 3 aromatic rings. The van der Waals surface area contributed by atoms with E-state index in [0.29, 0.717) is 29.7 Å². The minimum Gasteiger partial charge on any atom is -0.508 e. The summed E-state index contributed by atoms with van der Waals surface area (Å²) in [4.78, 5) is 0. The van der Waals surface area contributed by atoms with Crippen molar-refractivity contribution in [2.45, 2.75) is 51.7 Å². The summed E-state index contributed by atoms with van der Waals surface area (Å²) < 4.78 is 12.4. The Bertz CT molecular complexity index is 1090. The van der Waals surface area contributed by atoms with E-state index in [1.165, 1.54) is 6.07 Å². The van der Waals surface area contributed by atoms with E-state index in [0.717, 1.165) is 22.3 Å². The van der Waals surface area contributed by atoms with E-state index in [9.17, 15) is 15.3 Å². The monoisotopic (exact) mass is 394 g/mol. The van der Waals surface area contributed by atoms with Crippen molar-refractivity contribution in [1.29, 1.82) is 0 Å². The van der Waals surface area contributed by atoms with E-state index >= 15 is 0 Å². The highest BCUT2D eigenvalue weighted by Gasteiger charge is 2.26. The number of benzene rings is 2. The Labute approximate surface area is 169 Å². The SMILES string of the molecule is CC(C)(O)CCc1cc2c(c3oc(-c4cc(O)cc(O)c4)cc13)C=CC(C)(C)O2. The summed E-state index contributed by atoms with van der Waals surface area (Å²) in [6, 6.07) is 8.32. The molecule has 2 heterocycles. The average Bonchev–Trinajstić information content (AvgIpc) is 3.02. The third-order valence-electron chi connectivity index (χ3n) is 5.11. The predicted molar refractivity (Wildman–Crippen MR) is 113 cm³/mol. The lowest BCUT2D eigenvalue weighted by atomic mass is 9.93. The third kappa shape index (κ3) is 3.96. The number of rotatable bonds is 4. The minimum atomic E-state index is -0.786. The summed E-state index contributed by atoms with van der Waals surface area (Å²) in [6.45, 7) is 7.58. The smallest absolute Gasteiger partial charge is 0.146 e. The molecular weight excluding hydrogens is 368 g/mol. The molecule has 0 saturated heterocycles. The molecule has 0 fully saturated rings. The maximum absolute atomic E-state index is 10.2. The number of fused-ring (bicyclic) bond motifs is 3. The van der Waals surface area contributed by atoms with Crippen molar-refractivity contribution < 1.29 is 24.5 Å². The molecule has 1 aliphatic heterocycles. The van der Waals surface area contributed by atoms with Crippen LogP contribution in [-0.4, -0.2) is 26.5 Å². The van der Waals surface area contributed by atoms with Gasteiger partial charge in [-0.15, -0.1) is 0 Å². The summed E-state index contributed by atoms with van der Waals surface area (Å²) in [5.41, 5.74) is 1.96. The topological polar surface area (TPSA) is 83.1 Å². The predicted octanol–water partition coefficient (Wildman–Crippen LogP) is 5.40. The second-order valence-electron chi connectivity index (χ2n) is 8.89. The molecule has 0 unspecified atom stereocenters. The van der Waals surface area contributed by atoms with Gasteiger partial charge in [0.1, 0.15) is 34.2 Å². The standard InChI is InChI=1S/C24H26O5/c1-23(2,27)7-5-14-11-21-18(6-8-24(3,4)29-21)22-19(14)13-20(28-22)15-9-16(25)12-17(26)10-15/h6,8-13,25-27H,5,7H2,1-4H3. The van der Waals surface area contributed by atoms with Gasteiger partial charge in [-0.1, -0.05) is 0 Å². The maximum atomic E-state index is 10.2. The fourth-order valence-corrected chi connectivity index (χ4v) is 3.63. The van der Waals surface area contributed by atoms with Crippen molar-refractivity contribution in [2.75, 3.05) is 0 Å². The molecule has 2 aromatic carbocycles. The second-order valence-corrected chi connectivity index (χ2v) is 8.89. The zero-order valence-corrected chi connectivity index (χ0v) is 17.1. The van der Waals surface area contributed by atoms with Crippen LogP contribution in [-0.2, 0) is 6.42 Å². The highest BCUT2D eigenvalue weighted by Crippen LogP contribution is 2.42. The molecule has 0 saturated carbocycles. The highest BCUT2D eigenvalue weighted by molar-refractivity contribution is 5.95. The Balaban J connectivity index is 1.90. The quantitative estimate of drug-likeness (QED) is 0.552. The molecular formula is C24H26O5. The van der Waals surface area contributed by atoms with Crippen LogP contribution >= 0.6 is 0 Å². The number of phenols is 2. The first-order chi connectivity index (χ1) is 13.5. The molecule has 0 aliphatic carbocycles. The van der Waals surface area contributed by atoms with E-state index in [4.69, 9.17) is 9.15 Å². The molecule has 0 bridgehead atoms. The Morgan fingerprint density at radius 2 is 1.69 bits per heavy atom. The van der Waals surface area contributed by atoms with Crippen LogP contribution in [0.4, 0.5) is 0 Å². The van der Waals surface area contributed by atoms with E-state index in [-0.39, 0.29) is 11.5 Å². The Kier molecular flexibility index (Phi) is 4.39. The normalized spacial score (nSPS) is 15.3. The average molecular weight is 394 g/mol. The zero-order valence-electron chi connectivity index (χ0n) is 17.1. The van der Waals surface area contributed by atoms with Crippen molar-refractivity contribution in [3.8, 4) is 28.6 Å². The maximum Gasteiger partial charge on any atom is 0.146 e. The molecule has 1 aliphatic rings. The molecule has 3 N–H and O–H groups in total. The second kappa shape index (κ2) is 6.56. The molecule has 0 atom stereocenters. The van der Waals surface area contributed by atoms with Crippen LogP contribution in [0.2, 0.25) is 0 Å². The van der Waals surface area contributed by atoms with Crippen LogP contribution in [0.15, 0.2) is 40.8 Å². The van der Waals surface area contributed by atoms with Crippen LogP contribution in [0.3, 0.4) is 0 Å². The Morgan fingerprint density at radius 1 is 1.00 bits per heavy atom. The molecule has 4 rings (SSSR count). The van der Waals surface area contributed by atoms with E-state index in [1.54, 1.807) is 26.0 Å². The summed E-state index contributed by atoms with van der Waals surface area (Å²) in [5.74, 6) is 1.22. The number of hydrogen-bond acceptors (Lipinski definition) is 5. The van der Waals surface area contributed by atoms with Crippen LogP contribution in [0.5, 0.6) is 17.2 Å². The Hall–Kier alpha value is -2.92. The molecule has 29 heavy (non-hydrogen) atoms. The molecule has 0 spiro atoms. The van der Waals surface area contributed by atoms with E-state index in [2.05, 4.69) is 0 Å². The number of aromatic hydroxyl groups is 2. The Morgan fingerprint density at radius 3 is 2.34 bits per heavy atom. The number of aliphatic hydroxyl groups is 1. The van der Waals surface area contributed by atoms with Gasteiger partial charge in [-0.05, 0) is 82.5 Å². The summed E-state index contributed by atoms with van der Waals surface area (Å²) in [7, 11) is 0. The third-order valence-corrected chi connectivity index (χ3v) is 5.11. The first-order valence-corrected chi connectivity index (χ1v) is 9.74. The van der Waals surface area contributed by atoms with Gasteiger partial charge in [0.2, 0.25) is 0 Å². The van der Waals surface area contributed by atoms with Crippen molar-refractivity contribution in [3.05, 3.63) is 47.5 Å². The largest absolute Gasteiger partial charge is 0.508 e. The first-order valence-electron chi connectivity index (χ1n) is 9.74. The van der Waals surface area contributed by atoms with Crippen LogP contribution in [0.1, 0.15) is 45.2 Å². The van der Waals surface area contributed by atoms with Crippen LogP contribution in [0, 0.1) is 0 Å². The molecule has 152 valence electrons. The van der Waals surface area contributed by atoms with Gasteiger partial charge in [0, 0.05) is 17.0 Å². The number of phenolic OH excluding ortho intramolecular Hbond substituents is 2. The molecule has 1 aromatic heterocycles. The summed E-state index contributed by atoms with van der Waals surface area (Å²) >= 11 is 0. The van der Waals surface area contributed by atoms with E-state index < -0.39 is 11.2 Å². The number of furan rings is 1. The number of aryl methyl sites for hydroxylation is 1. The van der Waals surface area contributed by atoms with Gasteiger partial charge in [0.15, 0.2) is 0 Å². The van der Waals surface area contributed by atoms with Crippen molar-refractivity contribution in [2.24, 2.45) is 0 Å². The lowest BCUT2D eigenvalue weighted by molar-refractivity contribution is 0.0714. The first kappa shape index (κ1) is 19.4. The number of hydrogen-bond donors (Lipinski definition) is 3. The van der Waals surface area contributed by atoms with Gasteiger partial charge in [-0.25, -0.2) is 0 Å². The lowest BCUT2D eigenvalue weighted by Gasteiger charge is -2.28. The fraction of sp³-hybridized carbons (Fsp3) is 0.333. The van der Waals surface area contributed by atoms with Crippen molar-refractivity contribution in [1.82, 2.24) is 0 Å². The van der Waals surface area contributed by atoms with Gasteiger partial charge < -0.3 is 24.5 Å². The molecule has 5 heteroatoms. The van der Waals surface area contributed by atoms with Gasteiger partial charge in [0.05, 0.1) is 11.2 Å². The van der Waals surface area contributed by atoms with Crippen LogP contribution in [0.25, 0.3) is 28.4 Å². The van der Waals surface area contributed by atoms with Crippen molar-refractivity contribution >= 4 is 17.0 Å². The summed E-state index contributed by atoms with van der Waals surface area (Å²) in [5, 5.41) is 30.8. The molecule has 0 radical (unpaired) electrons. The summed E-state index contributed by atoms with van der Waals surface area (Å²) in [6.07, 6.45) is 5.25.